The third-order valence-electron chi connectivity index (χ3n) is 2.76. The summed E-state index contributed by atoms with van der Waals surface area (Å²) in [5.41, 5.74) is 0.257. The van der Waals surface area contributed by atoms with Gasteiger partial charge in [-0.25, -0.2) is 4.79 Å². The van der Waals surface area contributed by atoms with Crippen molar-refractivity contribution >= 4 is 39.2 Å². The Kier molecular flexibility index (Phi) is 9.55. The molecule has 0 radical (unpaired) electrons. The van der Waals surface area contributed by atoms with Crippen LogP contribution in [0.25, 0.3) is 0 Å². The molecule has 0 aromatic heterocycles. The highest BCUT2D eigenvalue weighted by Crippen LogP contribution is 2.23. The van der Waals surface area contributed by atoms with E-state index in [-0.39, 0.29) is 37.4 Å². The van der Waals surface area contributed by atoms with Gasteiger partial charge in [-0.1, -0.05) is 21.6 Å². The van der Waals surface area contributed by atoms with Crippen molar-refractivity contribution in [1.82, 2.24) is 0 Å². The molecular formula is C14H18N2O7S2. The van der Waals surface area contributed by atoms with Gasteiger partial charge < -0.3 is 20.0 Å². The van der Waals surface area contributed by atoms with Gasteiger partial charge in [-0.3, -0.25) is 4.79 Å². The first-order valence-electron chi connectivity index (χ1n) is 7.17. The van der Waals surface area contributed by atoms with E-state index >= 15 is 0 Å². The second kappa shape index (κ2) is 11.4. The summed E-state index contributed by atoms with van der Waals surface area (Å²) in [6.45, 7) is 0.0262. The van der Waals surface area contributed by atoms with E-state index in [1.54, 1.807) is 10.8 Å². The van der Waals surface area contributed by atoms with Crippen LogP contribution in [-0.4, -0.2) is 47.3 Å². The molecule has 0 aliphatic rings. The third-order valence-corrected chi connectivity index (χ3v) is 4.54. The molecular weight excluding hydrogens is 372 g/mol. The van der Waals surface area contributed by atoms with Crippen molar-refractivity contribution in [2.75, 3.05) is 30.5 Å². The van der Waals surface area contributed by atoms with E-state index in [9.17, 15) is 24.8 Å². The molecule has 0 aliphatic carbocycles. The quantitative estimate of drug-likeness (QED) is 0.146. The number of ether oxygens (including phenoxy) is 1. The zero-order valence-electron chi connectivity index (χ0n) is 13.4. The number of benzene rings is 1. The Labute approximate surface area is 151 Å². The molecule has 0 spiro atoms. The van der Waals surface area contributed by atoms with Gasteiger partial charge in [0.05, 0.1) is 6.61 Å². The van der Waals surface area contributed by atoms with Crippen LogP contribution in [0.3, 0.4) is 0 Å². The molecule has 0 heterocycles. The molecule has 1 amide bonds. The fourth-order valence-electron chi connectivity index (χ4n) is 1.70. The number of phenolic OH excluding ortho intramolecular Hbond substituents is 1. The number of rotatable bonds is 11. The predicted molar refractivity (Wildman–Crippen MR) is 95.2 cm³/mol. The Morgan fingerprint density at radius 3 is 2.80 bits per heavy atom. The lowest BCUT2D eigenvalue weighted by atomic mass is 10.1. The standard InChI is InChI=1S/C14H18N2O7S2/c1-24-25-8-7-22-14(19)11-9-10(4-5-12(11)17)15-13(18)3-2-6-23-16(20)21/h4-5,9,17H,2-3,6-8H2,1H3,(H,15,18). The second-order valence-corrected chi connectivity index (χ2v) is 7.25. The minimum Gasteiger partial charge on any atom is -0.507 e. The molecule has 138 valence electrons. The fraction of sp³-hybridized carbons (Fsp3) is 0.429. The normalized spacial score (nSPS) is 10.1. The Balaban J connectivity index is 2.54. The maximum Gasteiger partial charge on any atom is 0.342 e. The van der Waals surface area contributed by atoms with E-state index in [1.807, 2.05) is 6.26 Å². The minimum absolute atomic E-state index is 0.0143. The lowest BCUT2D eigenvalue weighted by Crippen LogP contribution is -2.14. The van der Waals surface area contributed by atoms with Crippen LogP contribution in [0, 0.1) is 10.1 Å². The van der Waals surface area contributed by atoms with Crippen molar-refractivity contribution in [2.24, 2.45) is 0 Å². The lowest BCUT2D eigenvalue weighted by Gasteiger charge is -2.09. The van der Waals surface area contributed by atoms with Gasteiger partial charge in [0.25, 0.3) is 5.09 Å². The molecule has 0 saturated heterocycles. The number of aromatic hydroxyl groups is 1. The van der Waals surface area contributed by atoms with Gasteiger partial charge in [-0.05, 0) is 30.9 Å². The highest BCUT2D eigenvalue weighted by Gasteiger charge is 2.14. The van der Waals surface area contributed by atoms with E-state index in [0.717, 1.165) is 0 Å². The van der Waals surface area contributed by atoms with Crippen LogP contribution in [0.2, 0.25) is 0 Å². The van der Waals surface area contributed by atoms with E-state index in [2.05, 4.69) is 10.2 Å². The first kappa shape index (κ1) is 20.9. The van der Waals surface area contributed by atoms with Crippen LogP contribution in [-0.2, 0) is 14.4 Å². The minimum atomic E-state index is -0.923. The summed E-state index contributed by atoms with van der Waals surface area (Å²) in [6.07, 6.45) is 2.10. The number of nitrogens with one attached hydrogen (secondary N) is 1. The number of carbonyl (C=O) groups is 2. The van der Waals surface area contributed by atoms with Crippen molar-refractivity contribution in [3.8, 4) is 5.75 Å². The molecule has 1 aromatic rings. The molecule has 25 heavy (non-hydrogen) atoms. The van der Waals surface area contributed by atoms with Crippen LogP contribution in [0.15, 0.2) is 18.2 Å². The average molecular weight is 390 g/mol. The van der Waals surface area contributed by atoms with Gasteiger partial charge in [-0.2, -0.15) is 0 Å². The summed E-state index contributed by atoms with van der Waals surface area (Å²) >= 11 is 0. The van der Waals surface area contributed by atoms with Crippen LogP contribution < -0.4 is 5.32 Å². The molecule has 0 bridgehead atoms. The number of carbonyl (C=O) groups excluding carboxylic acids is 2. The third kappa shape index (κ3) is 8.49. The summed E-state index contributed by atoms with van der Waals surface area (Å²) in [5.74, 6) is -0.709. The average Bonchev–Trinajstić information content (AvgIpc) is 2.57. The van der Waals surface area contributed by atoms with Crippen molar-refractivity contribution in [2.45, 2.75) is 12.8 Å². The van der Waals surface area contributed by atoms with Crippen LogP contribution in [0.5, 0.6) is 5.75 Å². The molecule has 0 aliphatic heterocycles. The summed E-state index contributed by atoms with van der Waals surface area (Å²) < 4.78 is 5.05. The molecule has 0 fully saturated rings. The topological polar surface area (TPSA) is 128 Å². The Morgan fingerprint density at radius 2 is 2.12 bits per heavy atom. The molecule has 0 saturated carbocycles. The molecule has 11 heteroatoms. The number of hydrogen-bond donors (Lipinski definition) is 2. The van der Waals surface area contributed by atoms with E-state index < -0.39 is 17.0 Å². The predicted octanol–water partition coefficient (Wildman–Crippen LogP) is 2.49. The maximum atomic E-state index is 12.0. The lowest BCUT2D eigenvalue weighted by molar-refractivity contribution is -0.757. The molecule has 0 atom stereocenters. The zero-order chi connectivity index (χ0) is 18.7. The number of amides is 1. The van der Waals surface area contributed by atoms with Gasteiger partial charge >= 0.3 is 5.97 Å². The Bertz CT molecular complexity index is 613. The van der Waals surface area contributed by atoms with Gasteiger partial charge in [0.1, 0.15) is 17.9 Å². The molecule has 1 aromatic carbocycles. The van der Waals surface area contributed by atoms with Crippen molar-refractivity contribution in [3.05, 3.63) is 33.9 Å². The highest BCUT2D eigenvalue weighted by atomic mass is 33.1. The van der Waals surface area contributed by atoms with Gasteiger partial charge in [0.2, 0.25) is 5.91 Å². The van der Waals surface area contributed by atoms with Crippen molar-refractivity contribution in [3.63, 3.8) is 0 Å². The van der Waals surface area contributed by atoms with E-state index in [4.69, 9.17) is 4.74 Å². The SMILES string of the molecule is CSSCCOC(=O)c1cc(NC(=O)CCCO[N+](=O)[O-])ccc1O. The summed E-state index contributed by atoms with van der Waals surface area (Å²) in [7, 11) is 3.09. The second-order valence-electron chi connectivity index (χ2n) is 4.57. The molecule has 1 rings (SSSR count). The molecule has 2 N–H and O–H groups in total. The fourth-order valence-corrected chi connectivity index (χ4v) is 2.72. The number of hydrogen-bond acceptors (Lipinski definition) is 9. The number of anilines is 1. The zero-order valence-corrected chi connectivity index (χ0v) is 15.1. The highest BCUT2D eigenvalue weighted by molar-refractivity contribution is 8.76. The first-order chi connectivity index (χ1) is 11.9. The molecule has 9 nitrogen and oxygen atoms in total. The monoisotopic (exact) mass is 390 g/mol. The van der Waals surface area contributed by atoms with Gasteiger partial charge in [0, 0.05) is 17.9 Å². The van der Waals surface area contributed by atoms with Crippen molar-refractivity contribution in [1.29, 1.82) is 0 Å². The smallest absolute Gasteiger partial charge is 0.342 e. The molecule has 0 unspecified atom stereocenters. The van der Waals surface area contributed by atoms with Gasteiger partial charge in [0.15, 0.2) is 0 Å². The Morgan fingerprint density at radius 1 is 1.36 bits per heavy atom. The van der Waals surface area contributed by atoms with Gasteiger partial charge in [-0.15, -0.1) is 10.1 Å². The van der Waals surface area contributed by atoms with E-state index in [0.29, 0.717) is 11.4 Å². The Hall–Kier alpha value is -2.14. The van der Waals surface area contributed by atoms with Crippen LogP contribution in [0.1, 0.15) is 23.2 Å². The number of nitrogens with zero attached hydrogens (tertiary/aromatic N) is 1. The summed E-state index contributed by atoms with van der Waals surface area (Å²) in [4.78, 5) is 37.8. The number of esters is 1. The maximum absolute atomic E-state index is 12.0. The summed E-state index contributed by atoms with van der Waals surface area (Å²) in [5, 5.41) is 21.4. The number of phenols is 1. The van der Waals surface area contributed by atoms with Crippen LogP contribution in [0.4, 0.5) is 5.69 Å². The summed E-state index contributed by atoms with van der Waals surface area (Å²) in [6, 6.07) is 4.02. The van der Waals surface area contributed by atoms with E-state index in [1.165, 1.54) is 29.0 Å². The van der Waals surface area contributed by atoms with Crippen LogP contribution >= 0.6 is 21.6 Å². The first-order valence-corrected chi connectivity index (χ1v) is 9.89. The van der Waals surface area contributed by atoms with Crippen molar-refractivity contribution < 1.29 is 29.4 Å². The largest absolute Gasteiger partial charge is 0.507 e.